The molecule has 0 amide bonds. The first-order valence-corrected chi connectivity index (χ1v) is 5.01. The van der Waals surface area contributed by atoms with E-state index in [1.54, 1.807) is 28.7 Å². The summed E-state index contributed by atoms with van der Waals surface area (Å²) in [5.41, 5.74) is -0.917. The molecule has 0 aromatic carbocycles. The number of halogens is 4. The second kappa shape index (κ2) is 4.81. The van der Waals surface area contributed by atoms with Crippen LogP contribution in [-0.2, 0) is 0 Å². The van der Waals surface area contributed by atoms with Gasteiger partial charge in [0.05, 0.1) is 11.1 Å². The van der Waals surface area contributed by atoms with E-state index in [-0.39, 0.29) is 14.8 Å². The van der Waals surface area contributed by atoms with Gasteiger partial charge in [0, 0.05) is 9.77 Å². The highest BCUT2D eigenvalue weighted by Crippen LogP contribution is 2.28. The molecule has 0 spiro atoms. The lowest BCUT2D eigenvalue weighted by Gasteiger charge is -2.06. The summed E-state index contributed by atoms with van der Waals surface area (Å²) in [5, 5.41) is 7.64. The van der Waals surface area contributed by atoms with Gasteiger partial charge in [-0.05, 0) is 34.2 Å². The van der Waals surface area contributed by atoms with Crippen molar-refractivity contribution in [1.82, 2.24) is 4.98 Å². The standard InChI is InChI=1S/C8H2ClF2IN2O/c9-7(15)5-4(1-13)14-2-3(6(5)12)8(10)11/h2,8H. The SMILES string of the molecule is N#Cc1ncc(C(F)F)c(I)c1C(=O)Cl. The summed E-state index contributed by atoms with van der Waals surface area (Å²) in [6, 6.07) is 1.62. The topological polar surface area (TPSA) is 53.8 Å². The summed E-state index contributed by atoms with van der Waals surface area (Å²) in [5.74, 6) is 0. The van der Waals surface area contributed by atoms with Crippen molar-refractivity contribution in [3.63, 3.8) is 0 Å². The molecule has 1 heterocycles. The lowest BCUT2D eigenvalue weighted by Crippen LogP contribution is -2.05. The van der Waals surface area contributed by atoms with Gasteiger partial charge >= 0.3 is 0 Å². The van der Waals surface area contributed by atoms with Gasteiger partial charge in [0.2, 0.25) is 0 Å². The van der Waals surface area contributed by atoms with Crippen LogP contribution in [0.1, 0.15) is 28.0 Å². The first kappa shape index (κ1) is 12.3. The minimum Gasteiger partial charge on any atom is -0.275 e. The molecule has 0 aliphatic rings. The second-order valence-corrected chi connectivity index (χ2v) is 3.86. The molecule has 1 rings (SSSR count). The number of carbonyl (C=O) groups is 1. The Balaban J connectivity index is 3.51. The fraction of sp³-hybridized carbons (Fsp3) is 0.125. The van der Waals surface area contributed by atoms with E-state index in [1.165, 1.54) is 0 Å². The quantitative estimate of drug-likeness (QED) is 0.613. The van der Waals surface area contributed by atoms with Gasteiger partial charge in [0.25, 0.3) is 11.7 Å². The number of rotatable bonds is 2. The van der Waals surface area contributed by atoms with Crippen LogP contribution in [0.4, 0.5) is 8.78 Å². The van der Waals surface area contributed by atoms with Crippen molar-refractivity contribution in [2.24, 2.45) is 0 Å². The van der Waals surface area contributed by atoms with E-state index in [2.05, 4.69) is 4.98 Å². The summed E-state index contributed by atoms with van der Waals surface area (Å²) in [6.45, 7) is 0. The average molecular weight is 342 g/mol. The molecule has 0 bridgehead atoms. The highest BCUT2D eigenvalue weighted by atomic mass is 127. The zero-order valence-corrected chi connectivity index (χ0v) is 9.88. The molecular weight excluding hydrogens is 340 g/mol. The van der Waals surface area contributed by atoms with Gasteiger partial charge in [0.15, 0.2) is 5.69 Å². The fourth-order valence-corrected chi connectivity index (χ4v) is 2.14. The summed E-state index contributed by atoms with van der Waals surface area (Å²) in [6.07, 6.45) is -1.89. The molecule has 0 saturated carbocycles. The van der Waals surface area contributed by atoms with Crippen LogP contribution in [0.25, 0.3) is 0 Å². The van der Waals surface area contributed by atoms with E-state index in [1.807, 2.05) is 0 Å². The maximum absolute atomic E-state index is 12.4. The largest absolute Gasteiger partial charge is 0.275 e. The number of alkyl halides is 2. The first-order valence-electron chi connectivity index (χ1n) is 3.55. The number of pyridine rings is 1. The van der Waals surface area contributed by atoms with Crippen molar-refractivity contribution in [2.45, 2.75) is 6.43 Å². The summed E-state index contributed by atoms with van der Waals surface area (Å²) in [7, 11) is 0. The molecule has 0 radical (unpaired) electrons. The third-order valence-electron chi connectivity index (χ3n) is 1.58. The molecule has 0 fully saturated rings. The van der Waals surface area contributed by atoms with E-state index < -0.39 is 17.2 Å². The average Bonchev–Trinajstić information content (AvgIpc) is 2.15. The number of nitrogens with zero attached hydrogens (tertiary/aromatic N) is 2. The van der Waals surface area contributed by atoms with Gasteiger partial charge in [0.1, 0.15) is 6.07 Å². The van der Waals surface area contributed by atoms with E-state index in [0.717, 1.165) is 6.20 Å². The van der Waals surface area contributed by atoms with Crippen molar-refractivity contribution in [2.75, 3.05) is 0 Å². The predicted molar refractivity (Wildman–Crippen MR) is 56.8 cm³/mol. The lowest BCUT2D eigenvalue weighted by molar-refractivity contribution is 0.107. The minimum atomic E-state index is -2.76. The van der Waals surface area contributed by atoms with Crippen LogP contribution >= 0.6 is 34.2 Å². The highest BCUT2D eigenvalue weighted by molar-refractivity contribution is 14.1. The van der Waals surface area contributed by atoms with Crippen molar-refractivity contribution in [1.29, 1.82) is 5.26 Å². The molecule has 0 N–H and O–H groups in total. The van der Waals surface area contributed by atoms with Crippen LogP contribution in [0.15, 0.2) is 6.20 Å². The minimum absolute atomic E-state index is 0.0332. The van der Waals surface area contributed by atoms with Crippen LogP contribution in [-0.4, -0.2) is 10.2 Å². The van der Waals surface area contributed by atoms with Crippen molar-refractivity contribution < 1.29 is 13.6 Å². The molecule has 1 aromatic heterocycles. The Hall–Kier alpha value is -0.810. The van der Waals surface area contributed by atoms with Gasteiger partial charge in [-0.1, -0.05) is 0 Å². The van der Waals surface area contributed by atoms with Gasteiger partial charge in [-0.3, -0.25) is 4.79 Å². The molecule has 3 nitrogen and oxygen atoms in total. The van der Waals surface area contributed by atoms with Crippen LogP contribution in [0, 0.1) is 14.9 Å². The summed E-state index contributed by atoms with van der Waals surface area (Å²) < 4.78 is 24.8. The Kier molecular flexibility index (Phi) is 3.93. The summed E-state index contributed by atoms with van der Waals surface area (Å²) in [4.78, 5) is 14.4. The number of carbonyl (C=O) groups excluding carboxylic acids is 1. The van der Waals surface area contributed by atoms with Gasteiger partial charge in [-0.2, -0.15) is 5.26 Å². The molecule has 7 heteroatoms. The van der Waals surface area contributed by atoms with Crippen LogP contribution in [0.5, 0.6) is 0 Å². The fourth-order valence-electron chi connectivity index (χ4n) is 0.920. The van der Waals surface area contributed by atoms with Crippen LogP contribution in [0.3, 0.4) is 0 Å². The molecule has 1 aromatic rings. The Morgan fingerprint density at radius 3 is 2.67 bits per heavy atom. The molecule has 0 atom stereocenters. The summed E-state index contributed by atoms with van der Waals surface area (Å²) >= 11 is 6.73. The van der Waals surface area contributed by atoms with Gasteiger partial charge in [-0.25, -0.2) is 13.8 Å². The molecule has 0 unspecified atom stereocenters. The Labute approximate surface area is 102 Å². The lowest BCUT2D eigenvalue weighted by atomic mass is 10.1. The van der Waals surface area contributed by atoms with Crippen LogP contribution in [0.2, 0.25) is 0 Å². The number of nitriles is 1. The Morgan fingerprint density at radius 2 is 2.27 bits per heavy atom. The monoisotopic (exact) mass is 342 g/mol. The molecule has 15 heavy (non-hydrogen) atoms. The van der Waals surface area contributed by atoms with Crippen molar-refractivity contribution >= 4 is 39.4 Å². The zero-order chi connectivity index (χ0) is 11.6. The second-order valence-electron chi connectivity index (χ2n) is 2.44. The highest BCUT2D eigenvalue weighted by Gasteiger charge is 2.22. The number of aromatic nitrogens is 1. The van der Waals surface area contributed by atoms with Gasteiger partial charge in [-0.15, -0.1) is 0 Å². The van der Waals surface area contributed by atoms with E-state index in [0.29, 0.717) is 0 Å². The van der Waals surface area contributed by atoms with Crippen LogP contribution < -0.4 is 0 Å². The Morgan fingerprint density at radius 1 is 1.67 bits per heavy atom. The van der Waals surface area contributed by atoms with Crippen molar-refractivity contribution in [3.8, 4) is 6.07 Å². The first-order chi connectivity index (χ1) is 6.99. The molecular formula is C8H2ClF2IN2O. The maximum atomic E-state index is 12.4. The third-order valence-corrected chi connectivity index (χ3v) is 2.93. The Bertz CT molecular complexity index is 459. The smallest absolute Gasteiger partial charge is 0.266 e. The molecule has 0 aliphatic heterocycles. The van der Waals surface area contributed by atoms with Gasteiger partial charge < -0.3 is 0 Å². The van der Waals surface area contributed by atoms with Crippen molar-refractivity contribution in [3.05, 3.63) is 26.6 Å². The number of hydrogen-bond acceptors (Lipinski definition) is 3. The van der Waals surface area contributed by atoms with E-state index >= 15 is 0 Å². The molecule has 0 aliphatic carbocycles. The van der Waals surface area contributed by atoms with E-state index in [4.69, 9.17) is 16.9 Å². The normalized spacial score (nSPS) is 10.1. The maximum Gasteiger partial charge on any atom is 0.266 e. The van der Waals surface area contributed by atoms with E-state index in [9.17, 15) is 13.6 Å². The predicted octanol–water partition coefficient (Wildman–Crippen LogP) is 2.87. The zero-order valence-electron chi connectivity index (χ0n) is 6.97. The molecule has 0 saturated heterocycles. The number of hydrogen-bond donors (Lipinski definition) is 0. The molecule has 78 valence electrons. The third kappa shape index (κ3) is 2.41.